The fourth-order valence-corrected chi connectivity index (χ4v) is 3.00. The SMILES string of the molecule is CC(C)C[C@@H](N)CN1CCC(C(F)(F)F)C1(C)C. The van der Waals surface area contributed by atoms with Gasteiger partial charge in [-0.1, -0.05) is 13.8 Å². The molecule has 0 aliphatic carbocycles. The van der Waals surface area contributed by atoms with Gasteiger partial charge in [-0.25, -0.2) is 0 Å². The molecule has 0 aromatic heterocycles. The van der Waals surface area contributed by atoms with Crippen LogP contribution in [0.3, 0.4) is 0 Å². The fraction of sp³-hybridized carbons (Fsp3) is 1.00. The summed E-state index contributed by atoms with van der Waals surface area (Å²) in [6.07, 6.45) is -3.07. The van der Waals surface area contributed by atoms with Crippen molar-refractivity contribution in [2.45, 2.75) is 58.3 Å². The van der Waals surface area contributed by atoms with E-state index in [-0.39, 0.29) is 12.5 Å². The summed E-state index contributed by atoms with van der Waals surface area (Å²) in [6, 6.07) is -0.0451. The lowest BCUT2D eigenvalue weighted by molar-refractivity contribution is -0.191. The summed E-state index contributed by atoms with van der Waals surface area (Å²) in [4.78, 5) is 1.90. The summed E-state index contributed by atoms with van der Waals surface area (Å²) < 4.78 is 38.8. The van der Waals surface area contributed by atoms with Gasteiger partial charge in [0.25, 0.3) is 0 Å². The maximum Gasteiger partial charge on any atom is 0.393 e. The van der Waals surface area contributed by atoms with Gasteiger partial charge in [-0.15, -0.1) is 0 Å². The van der Waals surface area contributed by atoms with Gasteiger partial charge in [0.05, 0.1) is 5.92 Å². The Morgan fingerprint density at radius 3 is 2.28 bits per heavy atom. The Hall–Kier alpha value is -0.290. The van der Waals surface area contributed by atoms with Crippen LogP contribution in [0.2, 0.25) is 0 Å². The lowest BCUT2D eigenvalue weighted by Gasteiger charge is -2.38. The first-order valence-electron chi connectivity index (χ1n) is 6.62. The summed E-state index contributed by atoms with van der Waals surface area (Å²) >= 11 is 0. The number of nitrogens with zero attached hydrogens (tertiary/aromatic N) is 1. The number of hydrogen-bond acceptors (Lipinski definition) is 2. The van der Waals surface area contributed by atoms with Crippen LogP contribution >= 0.6 is 0 Å². The van der Waals surface area contributed by atoms with Crippen molar-refractivity contribution in [1.29, 1.82) is 0 Å². The zero-order valence-corrected chi connectivity index (χ0v) is 11.7. The van der Waals surface area contributed by atoms with Crippen molar-refractivity contribution in [3.05, 3.63) is 0 Å². The van der Waals surface area contributed by atoms with Crippen LogP contribution in [0.5, 0.6) is 0 Å². The minimum absolute atomic E-state index is 0.0451. The molecule has 0 saturated carbocycles. The number of rotatable bonds is 4. The summed E-state index contributed by atoms with van der Waals surface area (Å²) in [5.74, 6) is -0.764. The van der Waals surface area contributed by atoms with E-state index in [4.69, 9.17) is 5.73 Å². The second-order valence-electron chi connectivity index (χ2n) is 6.37. The van der Waals surface area contributed by atoms with Crippen LogP contribution in [0.1, 0.15) is 40.5 Å². The highest BCUT2D eigenvalue weighted by atomic mass is 19.4. The molecule has 108 valence electrons. The van der Waals surface area contributed by atoms with E-state index in [1.165, 1.54) is 0 Å². The third kappa shape index (κ3) is 3.60. The average Bonchev–Trinajstić information content (AvgIpc) is 2.39. The Bertz CT molecular complexity index is 274. The predicted molar refractivity (Wildman–Crippen MR) is 67.2 cm³/mol. The van der Waals surface area contributed by atoms with Crippen molar-refractivity contribution in [3.63, 3.8) is 0 Å². The van der Waals surface area contributed by atoms with Gasteiger partial charge in [-0.3, -0.25) is 4.90 Å². The number of nitrogens with two attached hydrogens (primary N) is 1. The second kappa shape index (κ2) is 5.37. The second-order valence-corrected chi connectivity index (χ2v) is 6.37. The highest BCUT2D eigenvalue weighted by Gasteiger charge is 2.54. The summed E-state index contributed by atoms with van der Waals surface area (Å²) in [6.45, 7) is 8.56. The highest BCUT2D eigenvalue weighted by molar-refractivity contribution is 4.99. The third-order valence-corrected chi connectivity index (χ3v) is 3.98. The fourth-order valence-electron chi connectivity index (χ4n) is 3.00. The van der Waals surface area contributed by atoms with Crippen molar-refractivity contribution >= 4 is 0 Å². The molecule has 0 aromatic rings. The van der Waals surface area contributed by atoms with Crippen molar-refractivity contribution < 1.29 is 13.2 Å². The molecule has 1 aliphatic heterocycles. The Labute approximate surface area is 108 Å². The Balaban J connectivity index is 2.65. The van der Waals surface area contributed by atoms with Gasteiger partial charge in [0.2, 0.25) is 0 Å². The van der Waals surface area contributed by atoms with Crippen LogP contribution < -0.4 is 5.73 Å². The quantitative estimate of drug-likeness (QED) is 0.847. The van der Waals surface area contributed by atoms with E-state index in [2.05, 4.69) is 13.8 Å². The van der Waals surface area contributed by atoms with E-state index in [1.54, 1.807) is 13.8 Å². The molecule has 2 atom stereocenters. The Morgan fingerprint density at radius 2 is 1.89 bits per heavy atom. The third-order valence-electron chi connectivity index (χ3n) is 3.98. The topological polar surface area (TPSA) is 29.3 Å². The predicted octanol–water partition coefficient (Wildman–Crippen LogP) is 3.02. The molecule has 1 unspecified atom stereocenters. The number of halogens is 3. The Kier molecular flexibility index (Phi) is 4.70. The molecule has 1 saturated heterocycles. The molecule has 1 fully saturated rings. The van der Waals surface area contributed by atoms with Crippen molar-refractivity contribution in [3.8, 4) is 0 Å². The van der Waals surface area contributed by atoms with E-state index >= 15 is 0 Å². The van der Waals surface area contributed by atoms with Gasteiger partial charge in [-0.2, -0.15) is 13.2 Å². The van der Waals surface area contributed by atoms with Gasteiger partial charge in [0.15, 0.2) is 0 Å². The number of hydrogen-bond donors (Lipinski definition) is 1. The molecule has 18 heavy (non-hydrogen) atoms. The normalized spacial score (nSPS) is 26.8. The van der Waals surface area contributed by atoms with Crippen LogP contribution in [0, 0.1) is 11.8 Å². The van der Waals surface area contributed by atoms with Gasteiger partial charge >= 0.3 is 6.18 Å². The molecule has 0 spiro atoms. The molecule has 0 amide bonds. The maximum absolute atomic E-state index is 12.9. The van der Waals surface area contributed by atoms with E-state index < -0.39 is 17.6 Å². The molecule has 1 heterocycles. The molecular weight excluding hydrogens is 241 g/mol. The average molecular weight is 266 g/mol. The molecule has 1 rings (SSSR count). The summed E-state index contributed by atoms with van der Waals surface area (Å²) in [5, 5.41) is 0. The van der Waals surface area contributed by atoms with E-state index in [9.17, 15) is 13.2 Å². The molecule has 2 nitrogen and oxygen atoms in total. The molecular formula is C13H25F3N2. The van der Waals surface area contributed by atoms with Crippen molar-refractivity contribution in [2.75, 3.05) is 13.1 Å². The van der Waals surface area contributed by atoms with Crippen molar-refractivity contribution in [1.82, 2.24) is 4.90 Å². The maximum atomic E-state index is 12.9. The monoisotopic (exact) mass is 266 g/mol. The van der Waals surface area contributed by atoms with Crippen molar-refractivity contribution in [2.24, 2.45) is 17.6 Å². The van der Waals surface area contributed by atoms with Crippen LogP contribution in [0.15, 0.2) is 0 Å². The largest absolute Gasteiger partial charge is 0.393 e. The van der Waals surface area contributed by atoms with Gasteiger partial charge in [-0.05, 0) is 39.2 Å². The summed E-state index contributed by atoms with van der Waals surface area (Å²) in [7, 11) is 0. The highest BCUT2D eigenvalue weighted by Crippen LogP contribution is 2.44. The first kappa shape index (κ1) is 15.8. The first-order chi connectivity index (χ1) is 8.05. The van der Waals surface area contributed by atoms with E-state index in [0.29, 0.717) is 19.0 Å². The zero-order chi connectivity index (χ0) is 14.1. The van der Waals surface area contributed by atoms with Crippen LogP contribution in [-0.2, 0) is 0 Å². The van der Waals surface area contributed by atoms with Crippen LogP contribution in [0.4, 0.5) is 13.2 Å². The van der Waals surface area contributed by atoms with E-state index in [0.717, 1.165) is 6.42 Å². The van der Waals surface area contributed by atoms with Crippen LogP contribution in [-0.4, -0.2) is 35.7 Å². The number of alkyl halides is 3. The van der Waals surface area contributed by atoms with E-state index in [1.807, 2.05) is 4.90 Å². The lowest BCUT2D eigenvalue weighted by Crippen LogP contribution is -2.51. The smallest absolute Gasteiger partial charge is 0.327 e. The first-order valence-corrected chi connectivity index (χ1v) is 6.62. The van der Waals surface area contributed by atoms with Gasteiger partial charge in [0.1, 0.15) is 0 Å². The molecule has 0 aromatic carbocycles. The molecule has 5 heteroatoms. The summed E-state index contributed by atoms with van der Waals surface area (Å²) in [5.41, 5.74) is 5.17. The lowest BCUT2D eigenvalue weighted by atomic mass is 9.87. The molecule has 2 N–H and O–H groups in total. The standard InChI is InChI=1S/C13H25F3N2/c1-9(2)7-10(17)8-18-6-5-11(12(18,3)4)13(14,15)16/h9-11H,5-8,17H2,1-4H3/t10-,11?/m1/s1. The molecule has 1 aliphatic rings. The minimum Gasteiger partial charge on any atom is -0.327 e. The molecule has 0 radical (unpaired) electrons. The van der Waals surface area contributed by atoms with Gasteiger partial charge in [0, 0.05) is 18.1 Å². The molecule has 0 bridgehead atoms. The van der Waals surface area contributed by atoms with Gasteiger partial charge < -0.3 is 5.73 Å². The Morgan fingerprint density at radius 1 is 1.33 bits per heavy atom. The zero-order valence-electron chi connectivity index (χ0n) is 11.7. The minimum atomic E-state index is -4.11. The van der Waals surface area contributed by atoms with Crippen LogP contribution in [0.25, 0.3) is 0 Å². The number of likely N-dealkylation sites (tertiary alicyclic amines) is 1.